The number of amides is 2. The van der Waals surface area contributed by atoms with Crippen molar-refractivity contribution in [3.05, 3.63) is 48.0 Å². The highest BCUT2D eigenvalue weighted by Crippen LogP contribution is 2.07. The van der Waals surface area contributed by atoms with Gasteiger partial charge in [-0.25, -0.2) is 9.69 Å². The molecule has 19 heavy (non-hydrogen) atoms. The van der Waals surface area contributed by atoms with Gasteiger partial charge in [0.2, 0.25) is 0 Å². The van der Waals surface area contributed by atoms with Crippen molar-refractivity contribution in [2.75, 3.05) is 7.11 Å². The van der Waals surface area contributed by atoms with Gasteiger partial charge in [0, 0.05) is 0 Å². The number of hydrogen-bond acceptors (Lipinski definition) is 3. The van der Waals surface area contributed by atoms with E-state index in [1.54, 1.807) is 6.08 Å². The molecule has 0 saturated carbocycles. The van der Waals surface area contributed by atoms with E-state index in [2.05, 4.69) is 4.74 Å². The molecule has 4 heteroatoms. The predicted octanol–water partition coefficient (Wildman–Crippen LogP) is 2.99. The van der Waals surface area contributed by atoms with Crippen LogP contribution in [0.3, 0.4) is 0 Å². The summed E-state index contributed by atoms with van der Waals surface area (Å²) in [6, 6.07) is 9.32. The number of methoxy groups -OCH3 is 1. The van der Waals surface area contributed by atoms with Crippen LogP contribution < -0.4 is 0 Å². The number of rotatable bonds is 4. The Hall–Kier alpha value is -2.10. The van der Waals surface area contributed by atoms with Gasteiger partial charge in [-0.15, -0.1) is 0 Å². The average Bonchev–Trinajstić information content (AvgIpc) is 2.42. The van der Waals surface area contributed by atoms with Gasteiger partial charge in [-0.2, -0.15) is 0 Å². The molecule has 2 amide bonds. The summed E-state index contributed by atoms with van der Waals surface area (Å²) in [4.78, 5) is 24.7. The zero-order valence-corrected chi connectivity index (χ0v) is 11.5. The second-order valence-electron chi connectivity index (χ2n) is 4.48. The van der Waals surface area contributed by atoms with Crippen LogP contribution in [0.4, 0.5) is 4.79 Å². The number of nitrogens with zero attached hydrogens (tertiary/aromatic N) is 1. The van der Waals surface area contributed by atoms with Crippen LogP contribution in [-0.2, 0) is 16.1 Å². The summed E-state index contributed by atoms with van der Waals surface area (Å²) >= 11 is 0. The first-order chi connectivity index (χ1) is 9.04. The lowest BCUT2D eigenvalue weighted by Crippen LogP contribution is -2.35. The largest absolute Gasteiger partial charge is 0.452 e. The second-order valence-corrected chi connectivity index (χ2v) is 4.48. The summed E-state index contributed by atoms with van der Waals surface area (Å²) in [5, 5.41) is 0. The van der Waals surface area contributed by atoms with E-state index < -0.39 is 6.09 Å². The molecule has 102 valence electrons. The summed E-state index contributed by atoms with van der Waals surface area (Å²) in [5.41, 5.74) is 0.874. The molecule has 0 N–H and O–H groups in total. The number of benzene rings is 1. The van der Waals surface area contributed by atoms with Gasteiger partial charge in [0.05, 0.1) is 13.7 Å². The van der Waals surface area contributed by atoms with E-state index in [0.29, 0.717) is 0 Å². The first-order valence-corrected chi connectivity index (χ1v) is 6.16. The number of carbonyl (C=O) groups is 2. The molecule has 0 radical (unpaired) electrons. The Balaban J connectivity index is 2.84. The van der Waals surface area contributed by atoms with Crippen LogP contribution in [-0.4, -0.2) is 24.0 Å². The first-order valence-electron chi connectivity index (χ1n) is 6.16. The van der Waals surface area contributed by atoms with Gasteiger partial charge in [-0.05, 0) is 17.6 Å². The van der Waals surface area contributed by atoms with E-state index in [0.717, 1.165) is 10.5 Å². The number of carbonyl (C=O) groups excluding carboxylic acids is 2. The maximum atomic E-state index is 12.0. The van der Waals surface area contributed by atoms with E-state index >= 15 is 0 Å². The molecule has 0 heterocycles. The Morgan fingerprint density at radius 3 is 2.42 bits per heavy atom. The lowest BCUT2D eigenvalue weighted by Gasteiger charge is -2.17. The molecule has 1 rings (SSSR count). The van der Waals surface area contributed by atoms with E-state index in [-0.39, 0.29) is 18.4 Å². The van der Waals surface area contributed by atoms with E-state index in [4.69, 9.17) is 0 Å². The lowest BCUT2D eigenvalue weighted by molar-refractivity contribution is -0.124. The first kappa shape index (κ1) is 15.0. The number of hydrogen-bond donors (Lipinski definition) is 0. The van der Waals surface area contributed by atoms with Crippen LogP contribution >= 0.6 is 0 Å². The van der Waals surface area contributed by atoms with Gasteiger partial charge >= 0.3 is 6.09 Å². The van der Waals surface area contributed by atoms with Crippen molar-refractivity contribution in [2.24, 2.45) is 5.92 Å². The van der Waals surface area contributed by atoms with Crippen LogP contribution in [0.5, 0.6) is 0 Å². The van der Waals surface area contributed by atoms with Gasteiger partial charge in [-0.3, -0.25) is 4.79 Å². The molecule has 0 fully saturated rings. The second kappa shape index (κ2) is 7.36. The van der Waals surface area contributed by atoms with Crippen LogP contribution in [0.25, 0.3) is 0 Å². The Bertz CT molecular complexity index is 452. The highest BCUT2D eigenvalue weighted by atomic mass is 16.5. The minimum Gasteiger partial charge on any atom is -0.452 e. The Labute approximate surface area is 113 Å². The topological polar surface area (TPSA) is 46.6 Å². The smallest absolute Gasteiger partial charge is 0.416 e. The number of allylic oxidation sites excluding steroid dienone is 1. The van der Waals surface area contributed by atoms with Crippen molar-refractivity contribution < 1.29 is 14.3 Å². The highest BCUT2D eigenvalue weighted by molar-refractivity contribution is 5.98. The van der Waals surface area contributed by atoms with Crippen LogP contribution in [0.2, 0.25) is 0 Å². The molecule has 0 aliphatic heterocycles. The van der Waals surface area contributed by atoms with E-state index in [1.807, 2.05) is 44.2 Å². The quantitative estimate of drug-likeness (QED) is 0.783. The SMILES string of the molecule is COC(=O)N(Cc1ccccc1)C(=O)/C=C/C(C)C. The summed E-state index contributed by atoms with van der Waals surface area (Å²) in [7, 11) is 1.26. The molecule has 0 aromatic heterocycles. The average molecular weight is 261 g/mol. The minimum absolute atomic E-state index is 0.203. The molecule has 0 aliphatic carbocycles. The Morgan fingerprint density at radius 1 is 1.26 bits per heavy atom. The van der Waals surface area contributed by atoms with Crippen molar-refractivity contribution >= 4 is 12.0 Å². The number of ether oxygens (including phenoxy) is 1. The predicted molar refractivity (Wildman–Crippen MR) is 73.4 cm³/mol. The standard InChI is InChI=1S/C15H19NO3/c1-12(2)9-10-14(17)16(15(18)19-3)11-13-7-5-4-6-8-13/h4-10,12H,11H2,1-3H3/b10-9+. The van der Waals surface area contributed by atoms with Crippen LogP contribution in [0, 0.1) is 5.92 Å². The maximum absolute atomic E-state index is 12.0. The van der Waals surface area contributed by atoms with Crippen molar-refractivity contribution in [2.45, 2.75) is 20.4 Å². The third-order valence-electron chi connectivity index (χ3n) is 2.47. The van der Waals surface area contributed by atoms with Gasteiger partial charge in [0.25, 0.3) is 5.91 Å². The normalized spacial score (nSPS) is 10.7. The number of imide groups is 1. The molecule has 0 saturated heterocycles. The third-order valence-corrected chi connectivity index (χ3v) is 2.47. The van der Waals surface area contributed by atoms with Crippen LogP contribution in [0.1, 0.15) is 19.4 Å². The molecule has 4 nitrogen and oxygen atoms in total. The molecule has 0 spiro atoms. The molecular formula is C15H19NO3. The fraction of sp³-hybridized carbons (Fsp3) is 0.333. The summed E-state index contributed by atoms with van der Waals surface area (Å²) in [6.07, 6.45) is 2.51. The van der Waals surface area contributed by atoms with Gasteiger partial charge in [0.15, 0.2) is 0 Å². The fourth-order valence-corrected chi connectivity index (χ4v) is 1.47. The van der Waals surface area contributed by atoms with Crippen molar-refractivity contribution in [1.29, 1.82) is 0 Å². The Morgan fingerprint density at radius 2 is 1.89 bits per heavy atom. The fourth-order valence-electron chi connectivity index (χ4n) is 1.47. The molecular weight excluding hydrogens is 242 g/mol. The van der Waals surface area contributed by atoms with Crippen molar-refractivity contribution in [3.8, 4) is 0 Å². The zero-order chi connectivity index (χ0) is 14.3. The summed E-state index contributed by atoms with van der Waals surface area (Å²) in [5.74, 6) is -0.121. The van der Waals surface area contributed by atoms with E-state index in [9.17, 15) is 9.59 Å². The maximum Gasteiger partial charge on any atom is 0.416 e. The minimum atomic E-state index is -0.651. The van der Waals surface area contributed by atoms with Gasteiger partial charge in [-0.1, -0.05) is 50.3 Å². The Kier molecular flexibility index (Phi) is 5.79. The molecule has 1 aromatic carbocycles. The molecule has 1 aromatic rings. The zero-order valence-electron chi connectivity index (χ0n) is 11.5. The molecule has 0 atom stereocenters. The van der Waals surface area contributed by atoms with Gasteiger partial charge in [0.1, 0.15) is 0 Å². The molecule has 0 bridgehead atoms. The van der Waals surface area contributed by atoms with Crippen molar-refractivity contribution in [1.82, 2.24) is 4.90 Å². The molecule has 0 aliphatic rings. The summed E-state index contributed by atoms with van der Waals surface area (Å²) in [6.45, 7) is 4.13. The van der Waals surface area contributed by atoms with Crippen molar-refractivity contribution in [3.63, 3.8) is 0 Å². The molecule has 0 unspecified atom stereocenters. The van der Waals surface area contributed by atoms with Gasteiger partial charge < -0.3 is 4.74 Å². The third kappa shape index (κ3) is 4.95. The lowest BCUT2D eigenvalue weighted by atomic mass is 10.2. The highest BCUT2D eigenvalue weighted by Gasteiger charge is 2.20. The monoisotopic (exact) mass is 261 g/mol. The van der Waals surface area contributed by atoms with Crippen LogP contribution in [0.15, 0.2) is 42.5 Å². The van der Waals surface area contributed by atoms with E-state index in [1.165, 1.54) is 13.2 Å². The summed E-state index contributed by atoms with van der Waals surface area (Å²) < 4.78 is 4.64.